The summed E-state index contributed by atoms with van der Waals surface area (Å²) in [5.74, 6) is 0.494. The monoisotopic (exact) mass is 415 g/mol. The number of aromatic nitrogens is 3. The Bertz CT molecular complexity index is 851. The van der Waals surface area contributed by atoms with Gasteiger partial charge in [-0.1, -0.05) is 24.2 Å². The van der Waals surface area contributed by atoms with E-state index >= 15 is 0 Å². The number of benzene rings is 1. The van der Waals surface area contributed by atoms with Gasteiger partial charge in [-0.2, -0.15) is 0 Å². The molecule has 0 saturated carbocycles. The molecular weight excluding hydrogens is 386 g/mol. The van der Waals surface area contributed by atoms with Gasteiger partial charge in [0.1, 0.15) is 6.33 Å². The van der Waals surface area contributed by atoms with E-state index < -0.39 is 0 Å². The molecular formula is C21H29N5O2S. The molecule has 1 aliphatic rings. The lowest BCUT2D eigenvalue weighted by Crippen LogP contribution is -2.34. The number of likely N-dealkylation sites (tertiary alicyclic amines) is 1. The molecule has 3 rings (SSSR count). The molecule has 156 valence electrons. The highest BCUT2D eigenvalue weighted by molar-refractivity contribution is 7.99. The molecule has 0 atom stereocenters. The molecule has 7 nitrogen and oxygen atoms in total. The van der Waals surface area contributed by atoms with Crippen LogP contribution in [0.2, 0.25) is 0 Å². The number of carbonyl (C=O) groups excluding carboxylic acids is 2. The van der Waals surface area contributed by atoms with Gasteiger partial charge in [0.15, 0.2) is 5.16 Å². The summed E-state index contributed by atoms with van der Waals surface area (Å²) in [6.07, 6.45) is 6.31. The number of amides is 2. The van der Waals surface area contributed by atoms with Gasteiger partial charge < -0.3 is 10.2 Å². The Morgan fingerprint density at radius 2 is 2.07 bits per heavy atom. The Morgan fingerprint density at radius 1 is 1.21 bits per heavy atom. The second-order valence-corrected chi connectivity index (χ2v) is 8.38. The van der Waals surface area contributed by atoms with Crippen LogP contribution in [0.4, 0.5) is 0 Å². The van der Waals surface area contributed by atoms with E-state index in [9.17, 15) is 9.59 Å². The Morgan fingerprint density at radius 3 is 2.90 bits per heavy atom. The number of nitrogens with one attached hydrogen (secondary N) is 1. The van der Waals surface area contributed by atoms with Crippen molar-refractivity contribution < 1.29 is 9.59 Å². The second kappa shape index (κ2) is 10.4. The first-order valence-electron chi connectivity index (χ1n) is 10.2. The molecule has 1 aromatic carbocycles. The molecule has 0 aliphatic carbocycles. The standard InChI is InChI=1S/C21H29N5O2S/c1-16-8-9-18(13-17(16)2)26-15-23-24-21(26)29-14-19(27)22-10-6-12-25-11-5-3-4-7-20(25)28/h8-9,13,15H,3-7,10-12,14H2,1-2H3,(H,22,27). The molecule has 2 heterocycles. The predicted octanol–water partition coefficient (Wildman–Crippen LogP) is 2.89. The number of aryl methyl sites for hydroxylation is 2. The smallest absolute Gasteiger partial charge is 0.230 e. The highest BCUT2D eigenvalue weighted by Gasteiger charge is 2.16. The van der Waals surface area contributed by atoms with Gasteiger partial charge in [-0.05, 0) is 56.4 Å². The normalized spacial score (nSPS) is 14.7. The minimum Gasteiger partial charge on any atom is -0.355 e. The Balaban J connectivity index is 1.42. The minimum absolute atomic E-state index is 0.0353. The van der Waals surface area contributed by atoms with Gasteiger partial charge in [-0.15, -0.1) is 10.2 Å². The largest absolute Gasteiger partial charge is 0.355 e. The van der Waals surface area contributed by atoms with E-state index in [1.165, 1.54) is 22.9 Å². The fraction of sp³-hybridized carbons (Fsp3) is 0.524. The van der Waals surface area contributed by atoms with E-state index in [0.29, 0.717) is 24.7 Å². The zero-order chi connectivity index (χ0) is 20.6. The van der Waals surface area contributed by atoms with E-state index in [0.717, 1.165) is 37.9 Å². The SMILES string of the molecule is Cc1ccc(-n2cnnc2SCC(=O)NCCCN2CCCCCC2=O)cc1C. The summed E-state index contributed by atoms with van der Waals surface area (Å²) in [4.78, 5) is 26.1. The van der Waals surface area contributed by atoms with Crippen molar-refractivity contribution in [2.24, 2.45) is 0 Å². The quantitative estimate of drug-likeness (QED) is 0.530. The Labute approximate surface area is 176 Å². The molecule has 0 unspecified atom stereocenters. The third-order valence-electron chi connectivity index (χ3n) is 5.22. The molecule has 0 bridgehead atoms. The first-order chi connectivity index (χ1) is 14.0. The average Bonchev–Trinajstić information content (AvgIpc) is 3.08. The lowest BCUT2D eigenvalue weighted by atomic mass is 10.1. The summed E-state index contributed by atoms with van der Waals surface area (Å²) < 4.78 is 1.90. The van der Waals surface area contributed by atoms with Gasteiger partial charge in [-0.25, -0.2) is 0 Å². The molecule has 29 heavy (non-hydrogen) atoms. The van der Waals surface area contributed by atoms with E-state index in [-0.39, 0.29) is 17.6 Å². The molecule has 1 aromatic heterocycles. The van der Waals surface area contributed by atoms with Gasteiger partial charge >= 0.3 is 0 Å². The predicted molar refractivity (Wildman–Crippen MR) is 114 cm³/mol. The summed E-state index contributed by atoms with van der Waals surface area (Å²) in [6.45, 7) is 6.29. The van der Waals surface area contributed by atoms with Crippen LogP contribution in [-0.4, -0.2) is 56.9 Å². The van der Waals surface area contributed by atoms with Crippen LogP contribution in [0, 0.1) is 13.8 Å². The van der Waals surface area contributed by atoms with E-state index in [1.807, 2.05) is 15.5 Å². The fourth-order valence-corrected chi connectivity index (χ4v) is 4.09. The Kier molecular flexibility index (Phi) is 7.69. The van der Waals surface area contributed by atoms with Crippen molar-refractivity contribution in [1.29, 1.82) is 0 Å². The molecule has 0 spiro atoms. The van der Waals surface area contributed by atoms with Gasteiger partial charge in [0.2, 0.25) is 11.8 Å². The number of hydrogen-bond donors (Lipinski definition) is 1. The van der Waals surface area contributed by atoms with Crippen LogP contribution in [0.3, 0.4) is 0 Å². The fourth-order valence-electron chi connectivity index (χ4n) is 3.33. The summed E-state index contributed by atoms with van der Waals surface area (Å²) in [7, 11) is 0. The molecule has 1 N–H and O–H groups in total. The number of hydrogen-bond acceptors (Lipinski definition) is 5. The lowest BCUT2D eigenvalue weighted by molar-refractivity contribution is -0.130. The Hall–Kier alpha value is -2.35. The van der Waals surface area contributed by atoms with Gasteiger partial charge in [0.25, 0.3) is 0 Å². The van der Waals surface area contributed by atoms with Gasteiger partial charge in [0.05, 0.1) is 5.75 Å². The lowest BCUT2D eigenvalue weighted by Gasteiger charge is -2.20. The zero-order valence-corrected chi connectivity index (χ0v) is 18.0. The van der Waals surface area contributed by atoms with Crippen molar-refractivity contribution >= 4 is 23.6 Å². The van der Waals surface area contributed by atoms with Crippen molar-refractivity contribution in [2.45, 2.75) is 51.1 Å². The maximum absolute atomic E-state index is 12.2. The molecule has 0 radical (unpaired) electrons. The first-order valence-corrected chi connectivity index (χ1v) is 11.2. The van der Waals surface area contributed by atoms with Crippen LogP contribution < -0.4 is 5.32 Å². The van der Waals surface area contributed by atoms with Crippen LogP contribution in [0.1, 0.15) is 43.2 Å². The maximum atomic E-state index is 12.2. The number of carbonyl (C=O) groups is 2. The molecule has 1 fully saturated rings. The molecule has 8 heteroatoms. The van der Waals surface area contributed by atoms with Crippen LogP contribution in [-0.2, 0) is 9.59 Å². The highest BCUT2D eigenvalue weighted by Crippen LogP contribution is 2.21. The molecule has 1 aliphatic heterocycles. The average molecular weight is 416 g/mol. The number of nitrogens with zero attached hydrogens (tertiary/aromatic N) is 4. The highest BCUT2D eigenvalue weighted by atomic mass is 32.2. The third-order valence-corrected chi connectivity index (χ3v) is 6.16. The van der Waals surface area contributed by atoms with Crippen LogP contribution in [0.15, 0.2) is 29.7 Å². The minimum atomic E-state index is -0.0353. The first kappa shape index (κ1) is 21.4. The van der Waals surface area contributed by atoms with Crippen LogP contribution >= 0.6 is 11.8 Å². The van der Waals surface area contributed by atoms with Crippen molar-refractivity contribution in [1.82, 2.24) is 25.0 Å². The van der Waals surface area contributed by atoms with Crippen LogP contribution in [0.5, 0.6) is 0 Å². The van der Waals surface area contributed by atoms with Crippen molar-refractivity contribution in [3.05, 3.63) is 35.7 Å². The molecule has 2 aromatic rings. The maximum Gasteiger partial charge on any atom is 0.230 e. The summed E-state index contributed by atoms with van der Waals surface area (Å²) in [6, 6.07) is 6.19. The van der Waals surface area contributed by atoms with Crippen molar-refractivity contribution in [2.75, 3.05) is 25.4 Å². The summed E-state index contributed by atoms with van der Waals surface area (Å²) >= 11 is 1.37. The zero-order valence-electron chi connectivity index (χ0n) is 17.2. The third kappa shape index (κ3) is 6.06. The van der Waals surface area contributed by atoms with Crippen molar-refractivity contribution in [3.8, 4) is 5.69 Å². The molecule has 1 saturated heterocycles. The topological polar surface area (TPSA) is 80.1 Å². The van der Waals surface area contributed by atoms with Gasteiger partial charge in [0, 0.05) is 31.7 Å². The number of thioether (sulfide) groups is 1. The summed E-state index contributed by atoms with van der Waals surface area (Å²) in [5.41, 5.74) is 3.42. The second-order valence-electron chi connectivity index (χ2n) is 7.44. The van der Waals surface area contributed by atoms with E-state index in [2.05, 4.69) is 41.5 Å². The summed E-state index contributed by atoms with van der Waals surface area (Å²) in [5, 5.41) is 11.8. The van der Waals surface area contributed by atoms with Crippen molar-refractivity contribution in [3.63, 3.8) is 0 Å². The number of rotatable bonds is 8. The van der Waals surface area contributed by atoms with Crippen LogP contribution in [0.25, 0.3) is 5.69 Å². The van der Waals surface area contributed by atoms with Gasteiger partial charge in [-0.3, -0.25) is 14.2 Å². The van der Waals surface area contributed by atoms with E-state index in [1.54, 1.807) is 6.33 Å². The molecule has 2 amide bonds. The van der Waals surface area contributed by atoms with E-state index in [4.69, 9.17) is 0 Å².